The van der Waals surface area contributed by atoms with Crippen LogP contribution >= 0.6 is 0 Å². The Morgan fingerprint density at radius 1 is 0.720 bits per heavy atom. The summed E-state index contributed by atoms with van der Waals surface area (Å²) >= 11 is 0. The third-order valence-corrected chi connectivity index (χ3v) is 14.0. The molecule has 0 amide bonds. The zero-order chi connectivity index (χ0) is 36.1. The monoisotopic (exact) mass is 686 g/mol. The molecule has 0 fully saturated rings. The molecule has 0 bridgehead atoms. The lowest BCUT2D eigenvalue weighted by Gasteiger charge is -2.40. The highest BCUT2D eigenvalue weighted by atomic mass is 28.4. The van der Waals surface area contributed by atoms with Crippen molar-refractivity contribution in [2.75, 3.05) is 20.3 Å². The SMILES string of the molecule is CC#CC(=O)[C@](CCC#CCO[Si](C)(C)C(C)(C)C)(COC(c1ccccc1)(c1ccccc1)c1ccccc1)OCc1ccc(OC)cc1. The molecule has 0 heterocycles. The van der Waals surface area contributed by atoms with Crippen LogP contribution in [0.3, 0.4) is 0 Å². The van der Waals surface area contributed by atoms with Gasteiger partial charge in [0.15, 0.2) is 13.9 Å². The summed E-state index contributed by atoms with van der Waals surface area (Å²) in [6.45, 7) is 13.2. The van der Waals surface area contributed by atoms with E-state index in [1.54, 1.807) is 14.0 Å². The lowest BCUT2D eigenvalue weighted by atomic mass is 9.79. The first kappa shape index (κ1) is 38.4. The zero-order valence-corrected chi connectivity index (χ0v) is 31.5. The molecule has 1 atom stereocenters. The summed E-state index contributed by atoms with van der Waals surface area (Å²) in [6, 6.07) is 37.9. The highest BCUT2D eigenvalue weighted by Gasteiger charge is 2.45. The number of rotatable bonds is 15. The van der Waals surface area contributed by atoms with Crippen molar-refractivity contribution < 1.29 is 23.4 Å². The molecule has 0 radical (unpaired) electrons. The van der Waals surface area contributed by atoms with Gasteiger partial charge in [0.1, 0.15) is 11.4 Å². The first-order valence-electron chi connectivity index (χ1n) is 17.1. The van der Waals surface area contributed by atoms with Gasteiger partial charge in [-0.25, -0.2) is 0 Å². The van der Waals surface area contributed by atoms with E-state index in [1.165, 1.54) is 0 Å². The summed E-state index contributed by atoms with van der Waals surface area (Å²) in [5.41, 5.74) is 1.19. The minimum Gasteiger partial charge on any atom is -0.497 e. The first-order valence-corrected chi connectivity index (χ1v) is 20.0. The largest absolute Gasteiger partial charge is 0.497 e. The summed E-state index contributed by atoms with van der Waals surface area (Å²) in [6.07, 6.45) is 0.664. The quantitative estimate of drug-likeness (QED) is 0.0540. The van der Waals surface area contributed by atoms with Crippen molar-refractivity contribution >= 4 is 14.1 Å². The number of Topliss-reactive ketones (excluding diaryl/α,β-unsaturated/α-hetero) is 1. The molecule has 260 valence electrons. The molecule has 4 aromatic carbocycles. The van der Waals surface area contributed by atoms with Crippen LogP contribution in [0.1, 0.15) is 62.8 Å². The summed E-state index contributed by atoms with van der Waals surface area (Å²) in [5, 5.41) is 0.0878. The van der Waals surface area contributed by atoms with Crippen LogP contribution in [-0.2, 0) is 30.9 Å². The van der Waals surface area contributed by atoms with Crippen molar-refractivity contribution in [3.05, 3.63) is 138 Å². The van der Waals surface area contributed by atoms with Crippen LogP contribution in [-0.4, -0.2) is 40.0 Å². The van der Waals surface area contributed by atoms with E-state index in [2.05, 4.69) is 93.9 Å². The van der Waals surface area contributed by atoms with Gasteiger partial charge in [0, 0.05) is 6.42 Å². The van der Waals surface area contributed by atoms with Crippen molar-refractivity contribution in [2.24, 2.45) is 0 Å². The molecule has 0 spiro atoms. The molecule has 0 aromatic heterocycles. The smallest absolute Gasteiger partial charge is 0.239 e. The minimum atomic E-state index is -1.95. The van der Waals surface area contributed by atoms with Crippen molar-refractivity contribution in [1.29, 1.82) is 0 Å². The normalized spacial score (nSPS) is 12.9. The van der Waals surface area contributed by atoms with E-state index in [9.17, 15) is 4.79 Å². The standard InChI is InChI=1S/C44H50O5Si/c1-8-21-41(45)43(47-34-36-28-30-40(46-5)31-29-36,32-19-12-20-33-49-50(6,7)42(2,3)4)35-48-44(37-22-13-9-14-23-37,38-24-15-10-16-25-38)39-26-17-11-18-27-39/h9-11,13-18,22-31H,19,32-35H2,1-7H3/t43-/m0/s1. The van der Waals surface area contributed by atoms with Gasteiger partial charge in [-0.2, -0.15) is 0 Å². The fraction of sp³-hybridized carbons (Fsp3) is 0.341. The maximum absolute atomic E-state index is 14.2. The minimum absolute atomic E-state index is 0.0719. The molecule has 6 heteroatoms. The van der Waals surface area contributed by atoms with Crippen LogP contribution in [0.25, 0.3) is 0 Å². The van der Waals surface area contributed by atoms with E-state index in [0.717, 1.165) is 28.0 Å². The molecule has 0 saturated carbocycles. The number of ether oxygens (including phenoxy) is 3. The van der Waals surface area contributed by atoms with E-state index in [1.807, 2.05) is 78.9 Å². The summed E-state index contributed by atoms with van der Waals surface area (Å²) < 4.78 is 25.5. The Morgan fingerprint density at radius 3 is 1.70 bits per heavy atom. The molecular weight excluding hydrogens is 637 g/mol. The predicted octanol–water partition coefficient (Wildman–Crippen LogP) is 9.36. The van der Waals surface area contributed by atoms with Crippen LogP contribution in [0.2, 0.25) is 18.1 Å². The van der Waals surface area contributed by atoms with Crippen molar-refractivity contribution in [3.63, 3.8) is 0 Å². The molecule has 50 heavy (non-hydrogen) atoms. The predicted molar refractivity (Wildman–Crippen MR) is 204 cm³/mol. The number of carbonyl (C=O) groups is 1. The van der Waals surface area contributed by atoms with Gasteiger partial charge in [0.25, 0.3) is 0 Å². The van der Waals surface area contributed by atoms with Crippen molar-refractivity contribution in [1.82, 2.24) is 0 Å². The maximum atomic E-state index is 14.2. The topological polar surface area (TPSA) is 54.0 Å². The molecule has 0 aliphatic carbocycles. The van der Waals surface area contributed by atoms with E-state index >= 15 is 0 Å². The van der Waals surface area contributed by atoms with Gasteiger partial charge >= 0.3 is 0 Å². The lowest BCUT2D eigenvalue weighted by Crippen LogP contribution is -2.48. The van der Waals surface area contributed by atoms with Crippen LogP contribution in [0.15, 0.2) is 115 Å². The second kappa shape index (κ2) is 17.5. The summed E-state index contributed by atoms with van der Waals surface area (Å²) in [5.74, 6) is 12.5. The number of methoxy groups -OCH3 is 1. The molecule has 0 aliphatic heterocycles. The Kier molecular flexibility index (Phi) is 13.4. The fourth-order valence-electron chi connectivity index (χ4n) is 5.43. The Bertz CT molecular complexity index is 1680. The molecule has 4 aromatic rings. The van der Waals surface area contributed by atoms with E-state index in [-0.39, 0.29) is 30.5 Å². The van der Waals surface area contributed by atoms with Crippen LogP contribution in [0.5, 0.6) is 5.75 Å². The Balaban J connectivity index is 1.77. The van der Waals surface area contributed by atoms with Gasteiger partial charge in [0.2, 0.25) is 5.78 Å². The van der Waals surface area contributed by atoms with Gasteiger partial charge in [-0.3, -0.25) is 4.79 Å². The van der Waals surface area contributed by atoms with E-state index in [4.69, 9.17) is 18.6 Å². The molecule has 5 nitrogen and oxygen atoms in total. The zero-order valence-electron chi connectivity index (χ0n) is 30.5. The fourth-order valence-corrected chi connectivity index (χ4v) is 6.30. The van der Waals surface area contributed by atoms with Gasteiger partial charge in [-0.05, 0) is 71.8 Å². The van der Waals surface area contributed by atoms with E-state index < -0.39 is 19.5 Å². The first-order chi connectivity index (χ1) is 24.0. The number of benzene rings is 4. The van der Waals surface area contributed by atoms with Gasteiger partial charge in [0.05, 0.1) is 26.9 Å². The summed E-state index contributed by atoms with van der Waals surface area (Å²) in [4.78, 5) is 14.2. The second-order valence-electron chi connectivity index (χ2n) is 13.8. The molecule has 0 N–H and O–H groups in total. The number of hydrogen-bond acceptors (Lipinski definition) is 5. The number of ketones is 1. The second-order valence-corrected chi connectivity index (χ2v) is 18.6. The van der Waals surface area contributed by atoms with Crippen LogP contribution < -0.4 is 4.74 Å². The highest BCUT2D eigenvalue weighted by Crippen LogP contribution is 2.42. The summed E-state index contributed by atoms with van der Waals surface area (Å²) in [7, 11) is -0.315. The van der Waals surface area contributed by atoms with E-state index in [0.29, 0.717) is 13.0 Å². The van der Waals surface area contributed by atoms with Crippen molar-refractivity contribution in [3.8, 4) is 29.4 Å². The van der Waals surface area contributed by atoms with Crippen LogP contribution in [0, 0.1) is 23.7 Å². The Hall–Kier alpha value is -4.43. The van der Waals surface area contributed by atoms with Crippen LogP contribution in [0.4, 0.5) is 0 Å². The highest BCUT2D eigenvalue weighted by molar-refractivity contribution is 6.74. The Labute approximate surface area is 300 Å². The average molecular weight is 687 g/mol. The number of hydrogen-bond donors (Lipinski definition) is 0. The lowest BCUT2D eigenvalue weighted by molar-refractivity contribution is -0.161. The van der Waals surface area contributed by atoms with Crippen molar-refractivity contribution in [2.45, 2.75) is 76.5 Å². The van der Waals surface area contributed by atoms with Gasteiger partial charge in [-0.15, -0.1) is 5.92 Å². The third-order valence-electron chi connectivity index (χ3n) is 9.48. The maximum Gasteiger partial charge on any atom is 0.239 e. The number of carbonyl (C=O) groups excluding carboxylic acids is 1. The third kappa shape index (κ3) is 9.42. The molecule has 0 aliphatic rings. The molecule has 4 rings (SSSR count). The van der Waals surface area contributed by atoms with Gasteiger partial charge in [-0.1, -0.05) is 136 Å². The van der Waals surface area contributed by atoms with Gasteiger partial charge < -0.3 is 18.6 Å². The Morgan fingerprint density at radius 2 is 1.24 bits per heavy atom. The molecular formula is C44H50O5Si. The molecule has 0 unspecified atom stereocenters. The molecule has 0 saturated heterocycles. The average Bonchev–Trinajstić information content (AvgIpc) is 3.13.